The van der Waals surface area contributed by atoms with Crippen molar-refractivity contribution in [2.45, 2.75) is 19.0 Å². The molecule has 2 aromatic carbocycles. The standard InChI is InChI=1S/C17H16ClNO2/c18-15-7-5-12(6-8-15)17(21)19-10-14-4-2-1-3-13(14)9-16(19)11-20/h1-8,16,20H,9-11H2/t16-/m0/s1. The van der Waals surface area contributed by atoms with Crippen LogP contribution in [0, 0.1) is 0 Å². The number of amides is 1. The molecule has 0 unspecified atom stereocenters. The Kier molecular flexibility index (Phi) is 3.95. The van der Waals surface area contributed by atoms with Gasteiger partial charge in [0.05, 0.1) is 12.6 Å². The molecule has 21 heavy (non-hydrogen) atoms. The SMILES string of the molecule is O=C(c1ccc(Cl)cc1)N1Cc2ccccc2C[C@H]1CO. The summed E-state index contributed by atoms with van der Waals surface area (Å²) in [5, 5.41) is 10.2. The van der Waals surface area contributed by atoms with Gasteiger partial charge in [-0.25, -0.2) is 0 Å². The van der Waals surface area contributed by atoms with Gasteiger partial charge >= 0.3 is 0 Å². The highest BCUT2D eigenvalue weighted by Gasteiger charge is 2.29. The summed E-state index contributed by atoms with van der Waals surface area (Å²) in [5.41, 5.74) is 2.94. The third kappa shape index (κ3) is 2.80. The van der Waals surface area contributed by atoms with E-state index in [2.05, 4.69) is 6.07 Å². The number of aliphatic hydroxyl groups excluding tert-OH is 1. The van der Waals surface area contributed by atoms with Crippen LogP contribution >= 0.6 is 11.6 Å². The average Bonchev–Trinajstić information content (AvgIpc) is 2.53. The lowest BCUT2D eigenvalue weighted by Gasteiger charge is -2.36. The Morgan fingerprint density at radius 1 is 1.14 bits per heavy atom. The molecular weight excluding hydrogens is 286 g/mol. The maximum absolute atomic E-state index is 12.7. The van der Waals surface area contributed by atoms with Crippen molar-refractivity contribution in [3.63, 3.8) is 0 Å². The van der Waals surface area contributed by atoms with Crippen LogP contribution in [0.2, 0.25) is 5.02 Å². The van der Waals surface area contributed by atoms with Crippen LogP contribution < -0.4 is 0 Å². The van der Waals surface area contributed by atoms with Crippen molar-refractivity contribution in [3.8, 4) is 0 Å². The van der Waals surface area contributed by atoms with Crippen molar-refractivity contribution >= 4 is 17.5 Å². The van der Waals surface area contributed by atoms with E-state index in [1.165, 1.54) is 5.56 Å². The van der Waals surface area contributed by atoms with Crippen molar-refractivity contribution < 1.29 is 9.90 Å². The number of fused-ring (bicyclic) bond motifs is 1. The third-order valence-electron chi connectivity index (χ3n) is 3.92. The summed E-state index contributed by atoms with van der Waals surface area (Å²) in [5.74, 6) is -0.0692. The summed E-state index contributed by atoms with van der Waals surface area (Å²) in [6.07, 6.45) is 0.687. The molecule has 3 rings (SSSR count). The molecular formula is C17H16ClNO2. The van der Waals surface area contributed by atoms with Gasteiger partial charge in [-0.15, -0.1) is 0 Å². The smallest absolute Gasteiger partial charge is 0.254 e. The molecule has 0 aromatic heterocycles. The summed E-state index contributed by atoms with van der Waals surface area (Å²) in [4.78, 5) is 14.4. The predicted molar refractivity (Wildman–Crippen MR) is 82.3 cm³/mol. The average molecular weight is 302 g/mol. The maximum atomic E-state index is 12.7. The van der Waals surface area contributed by atoms with E-state index in [1.807, 2.05) is 18.2 Å². The summed E-state index contributed by atoms with van der Waals surface area (Å²) in [6, 6.07) is 14.7. The monoisotopic (exact) mass is 301 g/mol. The molecule has 1 atom stereocenters. The molecule has 1 aliphatic heterocycles. The van der Waals surface area contributed by atoms with E-state index in [9.17, 15) is 9.90 Å². The highest BCUT2D eigenvalue weighted by Crippen LogP contribution is 2.25. The molecule has 108 valence electrons. The fraction of sp³-hybridized carbons (Fsp3) is 0.235. The second-order valence-corrected chi connectivity index (χ2v) is 5.69. The zero-order chi connectivity index (χ0) is 14.8. The number of nitrogens with zero attached hydrogens (tertiary/aromatic N) is 1. The zero-order valence-electron chi connectivity index (χ0n) is 11.5. The van der Waals surface area contributed by atoms with Crippen molar-refractivity contribution in [1.82, 2.24) is 4.90 Å². The van der Waals surface area contributed by atoms with Gasteiger partial charge in [0.15, 0.2) is 0 Å². The minimum Gasteiger partial charge on any atom is -0.394 e. The van der Waals surface area contributed by atoms with E-state index in [1.54, 1.807) is 29.2 Å². The van der Waals surface area contributed by atoms with Gasteiger partial charge in [-0.2, -0.15) is 0 Å². The number of hydrogen-bond donors (Lipinski definition) is 1. The van der Waals surface area contributed by atoms with E-state index in [0.717, 1.165) is 5.56 Å². The van der Waals surface area contributed by atoms with Gasteiger partial charge in [0, 0.05) is 17.1 Å². The molecule has 3 nitrogen and oxygen atoms in total. The quantitative estimate of drug-likeness (QED) is 0.926. The first-order valence-corrected chi connectivity index (χ1v) is 7.31. The van der Waals surface area contributed by atoms with Crippen LogP contribution in [0.25, 0.3) is 0 Å². The van der Waals surface area contributed by atoms with E-state index in [-0.39, 0.29) is 18.6 Å². The van der Waals surface area contributed by atoms with Gasteiger partial charge < -0.3 is 10.0 Å². The third-order valence-corrected chi connectivity index (χ3v) is 4.17. The van der Waals surface area contributed by atoms with Crippen LogP contribution in [0.5, 0.6) is 0 Å². The lowest BCUT2D eigenvalue weighted by atomic mass is 9.93. The molecule has 1 aliphatic rings. The molecule has 1 heterocycles. The summed E-state index contributed by atoms with van der Waals surface area (Å²) >= 11 is 5.86. The molecule has 1 amide bonds. The number of carbonyl (C=O) groups is 1. The Morgan fingerprint density at radius 3 is 2.48 bits per heavy atom. The molecule has 4 heteroatoms. The van der Waals surface area contributed by atoms with E-state index < -0.39 is 0 Å². The molecule has 0 aliphatic carbocycles. The van der Waals surface area contributed by atoms with Crippen LogP contribution in [-0.2, 0) is 13.0 Å². The summed E-state index contributed by atoms with van der Waals surface area (Å²) in [7, 11) is 0. The maximum Gasteiger partial charge on any atom is 0.254 e. The Bertz CT molecular complexity index is 654. The minimum absolute atomic E-state index is 0.0341. The van der Waals surface area contributed by atoms with Gasteiger partial charge in [-0.05, 0) is 41.8 Å². The molecule has 0 spiro atoms. The second-order valence-electron chi connectivity index (χ2n) is 5.25. The van der Waals surface area contributed by atoms with Crippen molar-refractivity contribution in [3.05, 3.63) is 70.2 Å². The molecule has 0 bridgehead atoms. The van der Waals surface area contributed by atoms with Crippen LogP contribution in [-0.4, -0.2) is 28.6 Å². The molecule has 2 aromatic rings. The molecule has 0 radical (unpaired) electrons. The minimum atomic E-state index is -0.178. The lowest BCUT2D eigenvalue weighted by molar-refractivity contribution is 0.0544. The molecule has 0 fully saturated rings. The fourth-order valence-electron chi connectivity index (χ4n) is 2.75. The largest absolute Gasteiger partial charge is 0.394 e. The normalized spacial score (nSPS) is 17.4. The van der Waals surface area contributed by atoms with Crippen molar-refractivity contribution in [2.24, 2.45) is 0 Å². The van der Waals surface area contributed by atoms with Crippen LogP contribution in [0.1, 0.15) is 21.5 Å². The molecule has 0 saturated carbocycles. The summed E-state index contributed by atoms with van der Waals surface area (Å²) in [6.45, 7) is 0.497. The van der Waals surface area contributed by atoms with Crippen molar-refractivity contribution in [2.75, 3.05) is 6.61 Å². The first kappa shape index (κ1) is 14.1. The number of rotatable bonds is 2. The highest BCUT2D eigenvalue weighted by molar-refractivity contribution is 6.30. The Morgan fingerprint density at radius 2 is 1.81 bits per heavy atom. The van der Waals surface area contributed by atoms with Gasteiger partial charge in [0.25, 0.3) is 5.91 Å². The van der Waals surface area contributed by atoms with Crippen molar-refractivity contribution in [1.29, 1.82) is 0 Å². The second kappa shape index (κ2) is 5.88. The Balaban J connectivity index is 1.90. The van der Waals surface area contributed by atoms with Gasteiger partial charge in [0.2, 0.25) is 0 Å². The van der Waals surface area contributed by atoms with Crippen LogP contribution in [0.3, 0.4) is 0 Å². The van der Waals surface area contributed by atoms with Gasteiger partial charge in [0.1, 0.15) is 0 Å². The zero-order valence-corrected chi connectivity index (χ0v) is 12.3. The molecule has 0 saturated heterocycles. The lowest BCUT2D eigenvalue weighted by Crippen LogP contribution is -2.46. The summed E-state index contributed by atoms with van der Waals surface area (Å²) < 4.78 is 0. The van der Waals surface area contributed by atoms with Gasteiger partial charge in [-0.1, -0.05) is 35.9 Å². The van der Waals surface area contributed by atoms with E-state index in [4.69, 9.17) is 11.6 Å². The first-order chi connectivity index (χ1) is 10.2. The number of aliphatic hydroxyl groups is 1. The van der Waals surface area contributed by atoms with Crippen LogP contribution in [0.4, 0.5) is 0 Å². The first-order valence-electron chi connectivity index (χ1n) is 6.93. The van der Waals surface area contributed by atoms with Crippen LogP contribution in [0.15, 0.2) is 48.5 Å². The topological polar surface area (TPSA) is 40.5 Å². The number of benzene rings is 2. The number of carbonyl (C=O) groups excluding carboxylic acids is 1. The Labute approximate surface area is 128 Å². The molecule has 1 N–H and O–H groups in total. The van der Waals surface area contributed by atoms with E-state index in [0.29, 0.717) is 23.6 Å². The predicted octanol–water partition coefficient (Wildman–Crippen LogP) is 2.90. The highest BCUT2D eigenvalue weighted by atomic mass is 35.5. The number of halogens is 1. The van der Waals surface area contributed by atoms with Gasteiger partial charge in [-0.3, -0.25) is 4.79 Å². The van der Waals surface area contributed by atoms with E-state index >= 15 is 0 Å². The Hall–Kier alpha value is -1.84. The number of hydrogen-bond acceptors (Lipinski definition) is 2. The fourth-order valence-corrected chi connectivity index (χ4v) is 2.87.